The van der Waals surface area contributed by atoms with E-state index in [4.69, 9.17) is 10.2 Å². The zero-order chi connectivity index (χ0) is 11.0. The van der Waals surface area contributed by atoms with Crippen molar-refractivity contribution < 1.29 is 53.8 Å². The number of hydrogen-bond donors (Lipinski definition) is 2. The predicted molar refractivity (Wildman–Crippen MR) is 56.9 cm³/mol. The van der Waals surface area contributed by atoms with E-state index in [9.17, 15) is 8.42 Å². The van der Waals surface area contributed by atoms with E-state index in [-0.39, 0.29) is 43.3 Å². The van der Waals surface area contributed by atoms with Crippen molar-refractivity contribution in [2.45, 2.75) is 12.5 Å². The summed E-state index contributed by atoms with van der Waals surface area (Å²) in [6.07, 6.45) is -0.238. The average Bonchev–Trinajstić information content (AvgIpc) is 2.17. The second kappa shape index (κ2) is 10.3. The molecule has 1 unspecified atom stereocenters. The average molecular weight is 268 g/mol. The molecule has 0 aromatic rings. The summed E-state index contributed by atoms with van der Waals surface area (Å²) in [6.45, 7) is -0.261. The minimum absolute atomic E-state index is 0. The van der Waals surface area contributed by atoms with Crippen molar-refractivity contribution in [2.75, 3.05) is 31.0 Å². The molecule has 0 heterocycles. The molecular weight excluding hydrogens is 251 g/mol. The number of thioether (sulfide) groups is 1. The number of hydrogen-bond acceptors (Lipinski definition) is 6. The normalized spacial score (nSPS) is 13.3. The molecule has 0 saturated heterocycles. The number of aliphatic hydroxyl groups excluding tert-OH is 2. The first-order valence-electron chi connectivity index (χ1n) is 4.17. The van der Waals surface area contributed by atoms with E-state index < -0.39 is 16.2 Å². The Labute approximate surface area is 118 Å². The molecule has 2 N–H and O–H groups in total. The fraction of sp³-hybridized carbons (Fsp3) is 1.00. The van der Waals surface area contributed by atoms with Gasteiger partial charge in [-0.3, -0.25) is 4.18 Å². The monoisotopic (exact) mass is 268 g/mol. The van der Waals surface area contributed by atoms with Crippen LogP contribution >= 0.6 is 11.8 Å². The van der Waals surface area contributed by atoms with Crippen LogP contribution in [0.2, 0.25) is 0 Å². The summed E-state index contributed by atoms with van der Waals surface area (Å²) in [6, 6.07) is 0. The topological polar surface area (TPSA) is 83.8 Å². The summed E-state index contributed by atoms with van der Waals surface area (Å²) in [5.74, 6) is 1.04. The Morgan fingerprint density at radius 3 is 2.60 bits per heavy atom. The Morgan fingerprint density at radius 2 is 2.13 bits per heavy atom. The van der Waals surface area contributed by atoms with Gasteiger partial charge in [-0.15, -0.1) is 0 Å². The van der Waals surface area contributed by atoms with Crippen LogP contribution in [0.3, 0.4) is 0 Å². The maximum atomic E-state index is 10.8. The van der Waals surface area contributed by atoms with Crippen LogP contribution in [0.4, 0.5) is 0 Å². The molecule has 0 rings (SSSR count). The minimum atomic E-state index is -3.35. The Bertz CT molecular complexity index is 237. The summed E-state index contributed by atoms with van der Waals surface area (Å²) in [5, 5.41) is 17.4. The van der Waals surface area contributed by atoms with Crippen LogP contribution in [0.15, 0.2) is 0 Å². The van der Waals surface area contributed by atoms with E-state index in [0.29, 0.717) is 17.9 Å². The van der Waals surface area contributed by atoms with Gasteiger partial charge in [0.05, 0.1) is 25.6 Å². The molecule has 0 aromatic carbocycles. The van der Waals surface area contributed by atoms with E-state index in [1.165, 1.54) is 11.8 Å². The fourth-order valence-electron chi connectivity index (χ4n) is 0.693. The second-order valence-electron chi connectivity index (χ2n) is 2.69. The van der Waals surface area contributed by atoms with Gasteiger partial charge in [-0.2, -0.15) is 20.2 Å². The molecule has 1 atom stereocenters. The van der Waals surface area contributed by atoms with E-state index in [1.54, 1.807) is 0 Å². The maximum absolute atomic E-state index is 10.8. The van der Waals surface area contributed by atoms with E-state index >= 15 is 0 Å². The zero-order valence-corrected chi connectivity index (χ0v) is 12.7. The van der Waals surface area contributed by atoms with Crippen LogP contribution in [0.1, 0.15) is 7.85 Å². The summed E-state index contributed by atoms with van der Waals surface area (Å²) in [4.78, 5) is 0. The molecule has 0 aliphatic heterocycles. The Hall–Kier alpha value is 1.18. The molecule has 0 spiro atoms. The van der Waals surface area contributed by atoms with Crippen molar-refractivity contribution in [3.63, 3.8) is 0 Å². The maximum Gasteiger partial charge on any atom is 1.00 e. The molecule has 0 aliphatic rings. The molecule has 88 valence electrons. The van der Waals surface area contributed by atoms with Crippen molar-refractivity contribution in [2.24, 2.45) is 0 Å². The van der Waals surface area contributed by atoms with Crippen LogP contribution in [0.5, 0.6) is 0 Å². The van der Waals surface area contributed by atoms with Crippen LogP contribution < -0.4 is 29.6 Å². The standard InChI is InChI=1S/C7H16O5S2.Na.H/c1-12-14(10,11)4-2-3-13-6-7(9)5-8;;/h7-9H,2-6H2,1H3;;/q;+1;-1. The van der Waals surface area contributed by atoms with Crippen molar-refractivity contribution in [3.8, 4) is 0 Å². The van der Waals surface area contributed by atoms with Crippen molar-refractivity contribution in [1.29, 1.82) is 0 Å². The third kappa shape index (κ3) is 11.4. The number of rotatable bonds is 8. The van der Waals surface area contributed by atoms with Gasteiger partial charge < -0.3 is 11.6 Å². The van der Waals surface area contributed by atoms with E-state index in [2.05, 4.69) is 4.18 Å². The molecule has 0 aliphatic carbocycles. The van der Waals surface area contributed by atoms with Gasteiger partial charge >= 0.3 is 29.6 Å². The quantitative estimate of drug-likeness (QED) is 0.271. The van der Waals surface area contributed by atoms with Crippen LogP contribution in [-0.4, -0.2) is 55.7 Å². The van der Waals surface area contributed by atoms with Gasteiger partial charge in [0.15, 0.2) is 0 Å². The molecular formula is C7H17NaO5S2. The summed E-state index contributed by atoms with van der Waals surface area (Å²) < 4.78 is 25.9. The molecule has 5 nitrogen and oxygen atoms in total. The Balaban J connectivity index is -0.000000845. The van der Waals surface area contributed by atoms with Crippen molar-refractivity contribution in [1.82, 2.24) is 0 Å². The van der Waals surface area contributed by atoms with Gasteiger partial charge in [0.25, 0.3) is 10.1 Å². The van der Waals surface area contributed by atoms with Crippen LogP contribution in [-0.2, 0) is 14.3 Å². The van der Waals surface area contributed by atoms with Gasteiger partial charge in [-0.05, 0) is 12.2 Å². The number of aliphatic hydroxyl groups is 2. The minimum Gasteiger partial charge on any atom is -1.00 e. The summed E-state index contributed by atoms with van der Waals surface area (Å²) >= 11 is 1.41. The van der Waals surface area contributed by atoms with Gasteiger partial charge in [-0.1, -0.05) is 0 Å². The van der Waals surface area contributed by atoms with Crippen molar-refractivity contribution in [3.05, 3.63) is 0 Å². The molecule has 0 aromatic heterocycles. The summed E-state index contributed by atoms with van der Waals surface area (Å²) in [7, 11) is -2.21. The van der Waals surface area contributed by atoms with Gasteiger partial charge in [0.2, 0.25) is 0 Å². The third-order valence-corrected chi connectivity index (χ3v) is 3.95. The van der Waals surface area contributed by atoms with E-state index in [0.717, 1.165) is 7.11 Å². The van der Waals surface area contributed by atoms with Gasteiger partial charge in [0.1, 0.15) is 0 Å². The predicted octanol–water partition coefficient (Wildman–Crippen LogP) is -3.44. The first-order valence-corrected chi connectivity index (χ1v) is 6.90. The van der Waals surface area contributed by atoms with Crippen LogP contribution in [0.25, 0.3) is 0 Å². The molecule has 0 radical (unpaired) electrons. The molecule has 8 heteroatoms. The molecule has 15 heavy (non-hydrogen) atoms. The third-order valence-electron chi connectivity index (χ3n) is 1.46. The summed E-state index contributed by atoms with van der Waals surface area (Å²) in [5.41, 5.74) is 0. The largest absolute Gasteiger partial charge is 1.00 e. The molecule has 0 fully saturated rings. The molecule has 0 amide bonds. The molecule has 0 saturated carbocycles. The molecule has 0 bridgehead atoms. The smallest absolute Gasteiger partial charge is 1.00 e. The Morgan fingerprint density at radius 1 is 1.53 bits per heavy atom. The van der Waals surface area contributed by atoms with Crippen molar-refractivity contribution >= 4 is 21.9 Å². The van der Waals surface area contributed by atoms with Gasteiger partial charge in [-0.25, -0.2) is 0 Å². The zero-order valence-electron chi connectivity index (χ0n) is 10.0. The first-order chi connectivity index (χ1) is 6.52. The van der Waals surface area contributed by atoms with Crippen LogP contribution in [0, 0.1) is 0 Å². The SMILES string of the molecule is COS(=O)(=O)CCCSCC(O)CO.[H-].[Na+]. The van der Waals surface area contributed by atoms with Gasteiger partial charge in [0, 0.05) is 5.75 Å². The van der Waals surface area contributed by atoms with E-state index in [1.807, 2.05) is 0 Å². The Kier molecular flexibility index (Phi) is 12.8. The second-order valence-corrected chi connectivity index (χ2v) is 5.70. The fourth-order valence-corrected chi connectivity index (χ4v) is 2.43. The first kappa shape index (κ1) is 18.5.